The highest BCUT2D eigenvalue weighted by Crippen LogP contribution is 2.31. The van der Waals surface area contributed by atoms with Gasteiger partial charge in [0.05, 0.1) is 11.7 Å². The number of alkyl halides is 3. The third-order valence-electron chi connectivity index (χ3n) is 3.80. The molecule has 0 spiro atoms. The lowest BCUT2D eigenvalue weighted by molar-refractivity contribution is -0.137. The van der Waals surface area contributed by atoms with Crippen molar-refractivity contribution in [2.75, 3.05) is 26.7 Å². The Balaban J connectivity index is 2.12. The predicted octanol–water partition coefficient (Wildman–Crippen LogP) is 2.43. The molecule has 2 unspecified atom stereocenters. The highest BCUT2D eigenvalue weighted by Gasteiger charge is 2.31. The number of halogens is 3. The number of benzene rings is 1. The van der Waals surface area contributed by atoms with Crippen molar-refractivity contribution in [1.29, 1.82) is 0 Å². The summed E-state index contributed by atoms with van der Waals surface area (Å²) in [6.45, 7) is 1.99. The molecule has 1 heterocycles. The first-order chi connectivity index (χ1) is 9.45. The van der Waals surface area contributed by atoms with Crippen molar-refractivity contribution in [3.05, 3.63) is 35.4 Å². The van der Waals surface area contributed by atoms with E-state index in [0.29, 0.717) is 6.54 Å². The summed E-state index contributed by atoms with van der Waals surface area (Å²) in [6, 6.07) is 5.20. The van der Waals surface area contributed by atoms with E-state index in [9.17, 15) is 13.2 Å². The van der Waals surface area contributed by atoms with Gasteiger partial charge < -0.3 is 10.5 Å². The SMILES string of the molecule is COC1CCN(C(CN)c2ccc(C(F)(F)F)cc2)C1. The van der Waals surface area contributed by atoms with Crippen LogP contribution in [0.1, 0.15) is 23.6 Å². The molecule has 0 bridgehead atoms. The highest BCUT2D eigenvalue weighted by molar-refractivity contribution is 5.27. The van der Waals surface area contributed by atoms with Crippen LogP contribution in [0.15, 0.2) is 24.3 Å². The van der Waals surface area contributed by atoms with E-state index in [1.54, 1.807) is 7.11 Å². The Morgan fingerprint density at radius 1 is 1.35 bits per heavy atom. The Hall–Kier alpha value is -1.11. The quantitative estimate of drug-likeness (QED) is 0.924. The van der Waals surface area contributed by atoms with Gasteiger partial charge in [-0.05, 0) is 24.1 Å². The van der Waals surface area contributed by atoms with E-state index in [-0.39, 0.29) is 12.1 Å². The maximum atomic E-state index is 12.5. The lowest BCUT2D eigenvalue weighted by atomic mass is 10.0. The van der Waals surface area contributed by atoms with E-state index in [1.165, 1.54) is 12.1 Å². The van der Waals surface area contributed by atoms with Crippen LogP contribution in [0.25, 0.3) is 0 Å². The van der Waals surface area contributed by atoms with E-state index in [1.807, 2.05) is 0 Å². The van der Waals surface area contributed by atoms with Crippen molar-refractivity contribution in [3.8, 4) is 0 Å². The molecule has 0 radical (unpaired) electrons. The summed E-state index contributed by atoms with van der Waals surface area (Å²) in [5.74, 6) is 0. The van der Waals surface area contributed by atoms with E-state index >= 15 is 0 Å². The molecule has 1 aliphatic rings. The molecule has 1 fully saturated rings. The van der Waals surface area contributed by atoms with E-state index in [0.717, 1.165) is 37.2 Å². The minimum Gasteiger partial charge on any atom is -0.380 e. The number of nitrogens with two attached hydrogens (primary N) is 1. The molecule has 1 saturated heterocycles. The summed E-state index contributed by atoms with van der Waals surface area (Å²) in [5.41, 5.74) is 5.98. The average molecular weight is 288 g/mol. The topological polar surface area (TPSA) is 38.5 Å². The van der Waals surface area contributed by atoms with Crippen LogP contribution in [-0.2, 0) is 10.9 Å². The van der Waals surface area contributed by atoms with Crippen molar-refractivity contribution in [3.63, 3.8) is 0 Å². The predicted molar refractivity (Wildman–Crippen MR) is 70.2 cm³/mol. The average Bonchev–Trinajstić information content (AvgIpc) is 2.88. The molecular formula is C14H19F3N2O. The summed E-state index contributed by atoms with van der Waals surface area (Å²) >= 11 is 0. The summed E-state index contributed by atoms with van der Waals surface area (Å²) in [5, 5.41) is 0. The molecule has 1 aromatic rings. The molecule has 2 atom stereocenters. The second-order valence-corrected chi connectivity index (χ2v) is 5.01. The van der Waals surface area contributed by atoms with Crippen LogP contribution in [0.4, 0.5) is 13.2 Å². The van der Waals surface area contributed by atoms with Gasteiger partial charge in [-0.15, -0.1) is 0 Å². The zero-order valence-electron chi connectivity index (χ0n) is 11.4. The van der Waals surface area contributed by atoms with E-state index < -0.39 is 11.7 Å². The van der Waals surface area contributed by atoms with Gasteiger partial charge in [0.25, 0.3) is 0 Å². The van der Waals surface area contributed by atoms with E-state index in [4.69, 9.17) is 10.5 Å². The number of hydrogen-bond donors (Lipinski definition) is 1. The lowest BCUT2D eigenvalue weighted by Gasteiger charge is -2.27. The second-order valence-electron chi connectivity index (χ2n) is 5.01. The Morgan fingerprint density at radius 2 is 2.00 bits per heavy atom. The van der Waals surface area contributed by atoms with Gasteiger partial charge in [0, 0.05) is 32.8 Å². The molecule has 20 heavy (non-hydrogen) atoms. The molecule has 1 aliphatic heterocycles. The number of methoxy groups -OCH3 is 1. The summed E-state index contributed by atoms with van der Waals surface area (Å²) < 4.78 is 43.0. The normalized spacial score (nSPS) is 22.1. The van der Waals surface area contributed by atoms with Gasteiger partial charge >= 0.3 is 6.18 Å². The number of ether oxygens (including phenoxy) is 1. The number of rotatable bonds is 4. The minimum atomic E-state index is -4.30. The fourth-order valence-corrected chi connectivity index (χ4v) is 2.62. The molecule has 0 aliphatic carbocycles. The van der Waals surface area contributed by atoms with Crippen molar-refractivity contribution in [2.45, 2.75) is 24.7 Å². The monoisotopic (exact) mass is 288 g/mol. The number of nitrogens with zero attached hydrogens (tertiary/aromatic N) is 1. The first-order valence-corrected chi connectivity index (χ1v) is 6.59. The van der Waals surface area contributed by atoms with Crippen LogP contribution >= 0.6 is 0 Å². The Morgan fingerprint density at radius 3 is 2.45 bits per heavy atom. The van der Waals surface area contributed by atoms with Gasteiger partial charge in [-0.25, -0.2) is 0 Å². The molecule has 2 N–H and O–H groups in total. The van der Waals surface area contributed by atoms with Gasteiger partial charge in [-0.1, -0.05) is 12.1 Å². The highest BCUT2D eigenvalue weighted by atomic mass is 19.4. The molecular weight excluding hydrogens is 269 g/mol. The number of likely N-dealkylation sites (tertiary alicyclic amines) is 1. The van der Waals surface area contributed by atoms with Crippen LogP contribution in [0.2, 0.25) is 0 Å². The Bertz CT molecular complexity index is 433. The zero-order valence-corrected chi connectivity index (χ0v) is 11.4. The summed E-state index contributed by atoms with van der Waals surface area (Å²) in [6.07, 6.45) is -3.20. The van der Waals surface area contributed by atoms with Crippen LogP contribution in [0.5, 0.6) is 0 Å². The van der Waals surface area contributed by atoms with Gasteiger partial charge in [-0.3, -0.25) is 4.90 Å². The Labute approximate surface area is 116 Å². The third kappa shape index (κ3) is 3.31. The fraction of sp³-hybridized carbons (Fsp3) is 0.571. The molecule has 6 heteroatoms. The van der Waals surface area contributed by atoms with Gasteiger partial charge in [-0.2, -0.15) is 13.2 Å². The molecule has 2 rings (SSSR count). The van der Waals surface area contributed by atoms with Crippen molar-refractivity contribution in [1.82, 2.24) is 4.90 Å². The van der Waals surface area contributed by atoms with Crippen LogP contribution in [0.3, 0.4) is 0 Å². The summed E-state index contributed by atoms with van der Waals surface area (Å²) in [7, 11) is 1.67. The molecule has 3 nitrogen and oxygen atoms in total. The van der Waals surface area contributed by atoms with Crippen LogP contribution < -0.4 is 5.73 Å². The zero-order chi connectivity index (χ0) is 14.8. The lowest BCUT2D eigenvalue weighted by Crippen LogP contribution is -2.33. The van der Waals surface area contributed by atoms with Crippen molar-refractivity contribution in [2.24, 2.45) is 5.73 Å². The fourth-order valence-electron chi connectivity index (χ4n) is 2.62. The molecule has 1 aromatic carbocycles. The standard InChI is InChI=1S/C14H19F3N2O/c1-20-12-6-7-19(9-12)13(8-18)10-2-4-11(5-3-10)14(15,16)17/h2-5,12-13H,6-9,18H2,1H3. The molecule has 0 amide bonds. The molecule has 112 valence electrons. The Kier molecular flexibility index (Phi) is 4.67. The maximum Gasteiger partial charge on any atom is 0.416 e. The summed E-state index contributed by atoms with van der Waals surface area (Å²) in [4.78, 5) is 2.16. The van der Waals surface area contributed by atoms with Gasteiger partial charge in [0.15, 0.2) is 0 Å². The van der Waals surface area contributed by atoms with Crippen LogP contribution in [-0.4, -0.2) is 37.7 Å². The third-order valence-corrected chi connectivity index (χ3v) is 3.80. The number of hydrogen-bond acceptors (Lipinski definition) is 3. The van der Waals surface area contributed by atoms with Crippen molar-refractivity contribution < 1.29 is 17.9 Å². The van der Waals surface area contributed by atoms with Gasteiger partial charge in [0.1, 0.15) is 0 Å². The molecule has 0 saturated carbocycles. The van der Waals surface area contributed by atoms with Crippen molar-refractivity contribution >= 4 is 0 Å². The largest absolute Gasteiger partial charge is 0.416 e. The minimum absolute atomic E-state index is 0.0579. The van der Waals surface area contributed by atoms with Crippen LogP contribution in [0, 0.1) is 0 Å². The maximum absolute atomic E-state index is 12.5. The first kappa shape index (κ1) is 15.3. The second kappa shape index (κ2) is 6.11. The van der Waals surface area contributed by atoms with Gasteiger partial charge in [0.2, 0.25) is 0 Å². The smallest absolute Gasteiger partial charge is 0.380 e. The first-order valence-electron chi connectivity index (χ1n) is 6.59. The molecule has 0 aromatic heterocycles. The van der Waals surface area contributed by atoms with E-state index in [2.05, 4.69) is 4.90 Å².